The first kappa shape index (κ1) is 12.4. The van der Waals surface area contributed by atoms with Crippen molar-refractivity contribution in [3.8, 4) is 11.3 Å². The van der Waals surface area contributed by atoms with Gasteiger partial charge in [0.1, 0.15) is 0 Å². The third-order valence-corrected chi connectivity index (χ3v) is 2.59. The molecule has 0 saturated heterocycles. The number of alkyl halides is 3. The number of benzene rings is 1. The molecule has 2 nitrogen and oxygen atoms in total. The average molecular weight is 252 g/mol. The number of nitrogens with two attached hydrogens (primary N) is 1. The first-order chi connectivity index (χ1) is 8.39. The first-order valence-electron chi connectivity index (χ1n) is 5.28. The summed E-state index contributed by atoms with van der Waals surface area (Å²) in [6, 6.07) is 6.98. The van der Waals surface area contributed by atoms with Crippen molar-refractivity contribution in [2.75, 3.05) is 5.73 Å². The van der Waals surface area contributed by atoms with Gasteiger partial charge in [0, 0.05) is 5.56 Å². The molecule has 0 unspecified atom stereocenters. The Labute approximate surface area is 102 Å². The molecule has 0 spiro atoms. The number of halogens is 3. The van der Waals surface area contributed by atoms with E-state index in [1.807, 2.05) is 0 Å². The molecule has 94 valence electrons. The summed E-state index contributed by atoms with van der Waals surface area (Å²) in [7, 11) is 0. The minimum atomic E-state index is -4.40. The zero-order valence-corrected chi connectivity index (χ0v) is 9.62. The predicted octanol–water partition coefficient (Wildman–Crippen LogP) is 3.66. The van der Waals surface area contributed by atoms with Gasteiger partial charge in [0.05, 0.1) is 23.1 Å². The number of rotatable bonds is 1. The Morgan fingerprint density at radius 1 is 1.17 bits per heavy atom. The van der Waals surface area contributed by atoms with E-state index in [2.05, 4.69) is 4.98 Å². The van der Waals surface area contributed by atoms with Crippen LogP contribution in [0.3, 0.4) is 0 Å². The Morgan fingerprint density at radius 2 is 1.83 bits per heavy atom. The normalized spacial score (nSPS) is 11.6. The highest BCUT2D eigenvalue weighted by atomic mass is 19.4. The summed E-state index contributed by atoms with van der Waals surface area (Å²) in [5.41, 5.74) is 6.28. The fourth-order valence-corrected chi connectivity index (χ4v) is 1.82. The van der Waals surface area contributed by atoms with Crippen molar-refractivity contribution >= 4 is 5.69 Å². The number of nitrogen functional groups attached to an aromatic ring is 1. The molecule has 2 N–H and O–H groups in total. The van der Waals surface area contributed by atoms with E-state index in [1.165, 1.54) is 18.3 Å². The van der Waals surface area contributed by atoms with Crippen LogP contribution in [0.25, 0.3) is 11.3 Å². The number of anilines is 1. The number of aryl methyl sites for hydroxylation is 1. The minimum Gasteiger partial charge on any atom is -0.397 e. The quantitative estimate of drug-likeness (QED) is 0.841. The van der Waals surface area contributed by atoms with Crippen LogP contribution in [0.4, 0.5) is 18.9 Å². The van der Waals surface area contributed by atoms with Crippen molar-refractivity contribution in [1.82, 2.24) is 4.98 Å². The molecule has 0 amide bonds. The molecule has 2 aromatic rings. The van der Waals surface area contributed by atoms with Gasteiger partial charge in [-0.2, -0.15) is 13.2 Å². The van der Waals surface area contributed by atoms with E-state index in [-0.39, 0.29) is 5.56 Å². The molecule has 0 aliphatic heterocycles. The number of aromatic nitrogens is 1. The Kier molecular flexibility index (Phi) is 2.98. The van der Waals surface area contributed by atoms with Gasteiger partial charge in [0.2, 0.25) is 0 Å². The van der Waals surface area contributed by atoms with Crippen LogP contribution in [0.15, 0.2) is 36.5 Å². The van der Waals surface area contributed by atoms with Crippen molar-refractivity contribution in [1.29, 1.82) is 0 Å². The molecule has 0 bridgehead atoms. The molecule has 0 saturated carbocycles. The van der Waals surface area contributed by atoms with Crippen LogP contribution in [0.1, 0.15) is 11.1 Å². The standard InChI is InChI=1S/C13H11F3N2/c1-8-6-9(17)7-18-12(8)10-4-2-3-5-11(10)13(14,15)16/h2-7H,17H2,1H3. The highest BCUT2D eigenvalue weighted by Crippen LogP contribution is 2.37. The van der Waals surface area contributed by atoms with Crippen molar-refractivity contribution in [2.24, 2.45) is 0 Å². The van der Waals surface area contributed by atoms with Gasteiger partial charge < -0.3 is 5.73 Å². The maximum Gasteiger partial charge on any atom is 0.417 e. The van der Waals surface area contributed by atoms with Gasteiger partial charge in [-0.1, -0.05) is 18.2 Å². The van der Waals surface area contributed by atoms with Crippen LogP contribution in [0, 0.1) is 6.92 Å². The molecule has 0 aliphatic rings. The molecular formula is C13H11F3N2. The lowest BCUT2D eigenvalue weighted by molar-refractivity contribution is -0.137. The lowest BCUT2D eigenvalue weighted by atomic mass is 10.0. The molecule has 5 heteroatoms. The molecule has 1 heterocycles. The van der Waals surface area contributed by atoms with Crippen molar-refractivity contribution < 1.29 is 13.2 Å². The number of hydrogen-bond donors (Lipinski definition) is 1. The molecule has 2 rings (SSSR count). The summed E-state index contributed by atoms with van der Waals surface area (Å²) in [4.78, 5) is 4.00. The third kappa shape index (κ3) is 2.30. The van der Waals surface area contributed by atoms with Crippen LogP contribution < -0.4 is 5.73 Å². The topological polar surface area (TPSA) is 38.9 Å². The Balaban J connectivity index is 2.64. The van der Waals surface area contributed by atoms with Crippen LogP contribution in [-0.2, 0) is 6.18 Å². The molecule has 1 aromatic heterocycles. The summed E-state index contributed by atoms with van der Waals surface area (Å²) in [6.07, 6.45) is -3.04. The lowest BCUT2D eigenvalue weighted by Crippen LogP contribution is -2.08. The molecule has 1 aromatic carbocycles. The van der Waals surface area contributed by atoms with Crippen molar-refractivity contribution in [3.63, 3.8) is 0 Å². The van der Waals surface area contributed by atoms with E-state index < -0.39 is 11.7 Å². The van der Waals surface area contributed by atoms with Crippen LogP contribution in [0.2, 0.25) is 0 Å². The second-order valence-electron chi connectivity index (χ2n) is 3.98. The van der Waals surface area contributed by atoms with Crippen molar-refractivity contribution in [3.05, 3.63) is 47.7 Å². The average Bonchev–Trinajstić information content (AvgIpc) is 2.28. The highest BCUT2D eigenvalue weighted by Gasteiger charge is 2.33. The number of pyridine rings is 1. The predicted molar refractivity (Wildman–Crippen MR) is 63.8 cm³/mol. The molecular weight excluding hydrogens is 241 g/mol. The summed E-state index contributed by atoms with van der Waals surface area (Å²) < 4.78 is 38.7. The Hall–Kier alpha value is -2.04. The molecule has 0 atom stereocenters. The summed E-state index contributed by atoms with van der Waals surface area (Å²) in [5, 5.41) is 0. The zero-order valence-electron chi connectivity index (χ0n) is 9.62. The zero-order chi connectivity index (χ0) is 13.3. The summed E-state index contributed by atoms with van der Waals surface area (Å²) in [6.45, 7) is 1.69. The van der Waals surface area contributed by atoms with Crippen LogP contribution >= 0.6 is 0 Å². The van der Waals surface area contributed by atoms with E-state index >= 15 is 0 Å². The SMILES string of the molecule is Cc1cc(N)cnc1-c1ccccc1C(F)(F)F. The van der Waals surface area contributed by atoms with Crippen LogP contribution in [-0.4, -0.2) is 4.98 Å². The van der Waals surface area contributed by atoms with Gasteiger partial charge in [-0.25, -0.2) is 0 Å². The minimum absolute atomic E-state index is 0.0718. The second-order valence-corrected chi connectivity index (χ2v) is 3.98. The first-order valence-corrected chi connectivity index (χ1v) is 5.28. The van der Waals surface area contributed by atoms with Crippen LogP contribution in [0.5, 0.6) is 0 Å². The van der Waals surface area contributed by atoms with E-state index in [1.54, 1.807) is 19.1 Å². The highest BCUT2D eigenvalue weighted by molar-refractivity contribution is 5.68. The fourth-order valence-electron chi connectivity index (χ4n) is 1.82. The van der Waals surface area contributed by atoms with Crippen molar-refractivity contribution in [2.45, 2.75) is 13.1 Å². The maximum absolute atomic E-state index is 12.9. The molecule has 0 aliphatic carbocycles. The van der Waals surface area contributed by atoms with E-state index in [4.69, 9.17) is 5.73 Å². The van der Waals surface area contributed by atoms with Gasteiger partial charge in [0.15, 0.2) is 0 Å². The second kappa shape index (κ2) is 4.33. The monoisotopic (exact) mass is 252 g/mol. The van der Waals surface area contributed by atoms with E-state index in [0.29, 0.717) is 16.9 Å². The largest absolute Gasteiger partial charge is 0.417 e. The Bertz CT molecular complexity index is 577. The lowest BCUT2D eigenvalue weighted by Gasteiger charge is -2.13. The summed E-state index contributed by atoms with van der Waals surface area (Å²) >= 11 is 0. The number of nitrogens with zero attached hydrogens (tertiary/aromatic N) is 1. The van der Waals surface area contributed by atoms with Gasteiger partial charge in [-0.15, -0.1) is 0 Å². The molecule has 0 radical (unpaired) electrons. The molecule has 0 fully saturated rings. The van der Waals surface area contributed by atoms with Gasteiger partial charge in [0.25, 0.3) is 0 Å². The smallest absolute Gasteiger partial charge is 0.397 e. The maximum atomic E-state index is 12.9. The van der Waals surface area contributed by atoms with Gasteiger partial charge in [-0.3, -0.25) is 4.98 Å². The Morgan fingerprint density at radius 3 is 2.44 bits per heavy atom. The molecule has 18 heavy (non-hydrogen) atoms. The summed E-state index contributed by atoms with van der Waals surface area (Å²) in [5.74, 6) is 0. The van der Waals surface area contributed by atoms with E-state index in [9.17, 15) is 13.2 Å². The third-order valence-electron chi connectivity index (χ3n) is 2.59. The number of hydrogen-bond acceptors (Lipinski definition) is 2. The van der Waals surface area contributed by atoms with Gasteiger partial charge in [-0.05, 0) is 24.6 Å². The van der Waals surface area contributed by atoms with Gasteiger partial charge >= 0.3 is 6.18 Å². The fraction of sp³-hybridized carbons (Fsp3) is 0.154. The van der Waals surface area contributed by atoms with E-state index in [0.717, 1.165) is 6.07 Å².